The van der Waals surface area contributed by atoms with E-state index in [2.05, 4.69) is 34.1 Å². The molecule has 1 atom stereocenters. The molecule has 0 bridgehead atoms. The van der Waals surface area contributed by atoms with Crippen LogP contribution in [0.15, 0.2) is 0 Å². The van der Waals surface area contributed by atoms with Crippen LogP contribution in [0.3, 0.4) is 0 Å². The Morgan fingerprint density at radius 2 is 2.29 bits per heavy atom. The molecule has 5 heteroatoms. The maximum absolute atomic E-state index is 11.0. The minimum atomic E-state index is -0.321. The highest BCUT2D eigenvalue weighted by Gasteiger charge is 2.23. The molecular weight excluding hydrogens is 218 g/mol. The van der Waals surface area contributed by atoms with Gasteiger partial charge in [0.15, 0.2) is 0 Å². The topological polar surface area (TPSA) is 53.6 Å². The van der Waals surface area contributed by atoms with Gasteiger partial charge in [-0.2, -0.15) is 0 Å². The SMILES string of the molecule is COC(=O)NC1CCN(CCCNC(C)C)C1. The summed E-state index contributed by atoms with van der Waals surface area (Å²) in [7, 11) is 1.40. The molecule has 2 N–H and O–H groups in total. The number of carbonyl (C=O) groups excluding carboxylic acids is 1. The van der Waals surface area contributed by atoms with E-state index >= 15 is 0 Å². The lowest BCUT2D eigenvalue weighted by atomic mass is 10.3. The number of ether oxygens (including phenoxy) is 1. The number of alkyl carbamates (subject to hydrolysis) is 1. The van der Waals surface area contributed by atoms with Gasteiger partial charge in [-0.3, -0.25) is 0 Å². The fourth-order valence-corrected chi connectivity index (χ4v) is 2.07. The van der Waals surface area contributed by atoms with Crippen molar-refractivity contribution < 1.29 is 9.53 Å². The smallest absolute Gasteiger partial charge is 0.407 e. The summed E-state index contributed by atoms with van der Waals surface area (Å²) in [6, 6.07) is 0.808. The van der Waals surface area contributed by atoms with Crippen LogP contribution in [0.1, 0.15) is 26.7 Å². The van der Waals surface area contributed by atoms with Crippen molar-refractivity contribution in [1.29, 1.82) is 0 Å². The minimum Gasteiger partial charge on any atom is -0.453 e. The summed E-state index contributed by atoms with van der Waals surface area (Å²) >= 11 is 0. The van der Waals surface area contributed by atoms with Gasteiger partial charge in [0.2, 0.25) is 0 Å². The standard InChI is InChI=1S/C12H25N3O2/c1-10(2)13-6-4-7-15-8-5-11(9-15)14-12(16)17-3/h10-11,13H,4-9H2,1-3H3,(H,14,16). The molecule has 0 spiro atoms. The average molecular weight is 243 g/mol. The van der Waals surface area contributed by atoms with Gasteiger partial charge in [-0.15, -0.1) is 0 Å². The van der Waals surface area contributed by atoms with Crippen LogP contribution in [-0.4, -0.2) is 56.4 Å². The van der Waals surface area contributed by atoms with Gasteiger partial charge < -0.3 is 20.3 Å². The molecule has 1 rings (SSSR count). The number of nitrogens with one attached hydrogen (secondary N) is 2. The Morgan fingerprint density at radius 1 is 1.53 bits per heavy atom. The van der Waals surface area contributed by atoms with Crippen molar-refractivity contribution in [2.24, 2.45) is 0 Å². The molecule has 1 fully saturated rings. The number of methoxy groups -OCH3 is 1. The molecule has 0 aromatic carbocycles. The van der Waals surface area contributed by atoms with Crippen LogP contribution in [-0.2, 0) is 4.74 Å². The Labute approximate surface area is 104 Å². The van der Waals surface area contributed by atoms with Crippen molar-refractivity contribution in [2.75, 3.05) is 33.3 Å². The number of carbonyl (C=O) groups is 1. The van der Waals surface area contributed by atoms with E-state index in [1.54, 1.807) is 0 Å². The molecule has 0 radical (unpaired) electrons. The Bertz CT molecular complexity index is 234. The summed E-state index contributed by atoms with van der Waals surface area (Å²) in [6.45, 7) is 8.48. The molecule has 100 valence electrons. The van der Waals surface area contributed by atoms with Crippen molar-refractivity contribution in [2.45, 2.75) is 38.8 Å². The number of nitrogens with zero attached hydrogens (tertiary/aromatic N) is 1. The molecule has 1 aliphatic rings. The lowest BCUT2D eigenvalue weighted by Crippen LogP contribution is -2.37. The number of hydrogen-bond donors (Lipinski definition) is 2. The second kappa shape index (κ2) is 7.50. The van der Waals surface area contributed by atoms with Crippen LogP contribution in [0, 0.1) is 0 Å². The summed E-state index contributed by atoms with van der Waals surface area (Å²) < 4.78 is 4.59. The molecule has 1 unspecified atom stereocenters. The molecule has 1 aliphatic heterocycles. The molecule has 1 saturated heterocycles. The zero-order valence-corrected chi connectivity index (χ0v) is 11.2. The first-order valence-electron chi connectivity index (χ1n) is 6.42. The van der Waals surface area contributed by atoms with E-state index in [0.717, 1.165) is 39.0 Å². The lowest BCUT2D eigenvalue weighted by molar-refractivity contribution is 0.166. The average Bonchev–Trinajstić information content (AvgIpc) is 2.72. The van der Waals surface area contributed by atoms with Gasteiger partial charge in [-0.1, -0.05) is 13.8 Å². The number of amides is 1. The first kappa shape index (κ1) is 14.3. The van der Waals surface area contributed by atoms with E-state index in [9.17, 15) is 4.79 Å². The van der Waals surface area contributed by atoms with Gasteiger partial charge in [-0.05, 0) is 25.9 Å². The van der Waals surface area contributed by atoms with Gasteiger partial charge in [0, 0.05) is 25.2 Å². The van der Waals surface area contributed by atoms with E-state index < -0.39 is 0 Å². The van der Waals surface area contributed by atoms with E-state index in [-0.39, 0.29) is 12.1 Å². The summed E-state index contributed by atoms with van der Waals surface area (Å²) in [5, 5.41) is 6.25. The minimum absolute atomic E-state index is 0.250. The zero-order valence-electron chi connectivity index (χ0n) is 11.2. The Kier molecular flexibility index (Phi) is 6.29. The molecule has 0 saturated carbocycles. The number of hydrogen-bond acceptors (Lipinski definition) is 4. The van der Waals surface area contributed by atoms with E-state index in [4.69, 9.17) is 0 Å². The second-order valence-electron chi connectivity index (χ2n) is 4.88. The zero-order chi connectivity index (χ0) is 12.7. The third-order valence-electron chi connectivity index (χ3n) is 2.98. The third kappa shape index (κ3) is 5.89. The first-order valence-corrected chi connectivity index (χ1v) is 6.42. The van der Waals surface area contributed by atoms with Gasteiger partial charge in [0.1, 0.15) is 0 Å². The quantitative estimate of drug-likeness (QED) is 0.678. The largest absolute Gasteiger partial charge is 0.453 e. The number of likely N-dealkylation sites (tertiary alicyclic amines) is 1. The Morgan fingerprint density at radius 3 is 2.94 bits per heavy atom. The molecule has 17 heavy (non-hydrogen) atoms. The van der Waals surface area contributed by atoms with Crippen molar-refractivity contribution in [3.05, 3.63) is 0 Å². The van der Waals surface area contributed by atoms with Crippen molar-refractivity contribution >= 4 is 6.09 Å². The van der Waals surface area contributed by atoms with E-state index in [1.165, 1.54) is 7.11 Å². The van der Waals surface area contributed by atoms with E-state index in [0.29, 0.717) is 6.04 Å². The number of rotatable bonds is 6. The molecule has 0 aromatic rings. The molecule has 5 nitrogen and oxygen atoms in total. The summed E-state index contributed by atoms with van der Waals surface area (Å²) in [4.78, 5) is 13.4. The summed E-state index contributed by atoms with van der Waals surface area (Å²) in [6.07, 6.45) is 1.86. The predicted octanol–water partition coefficient (Wildman–Crippen LogP) is 0.805. The van der Waals surface area contributed by atoms with Crippen molar-refractivity contribution in [3.8, 4) is 0 Å². The van der Waals surface area contributed by atoms with Gasteiger partial charge in [0.05, 0.1) is 7.11 Å². The van der Waals surface area contributed by atoms with Crippen LogP contribution in [0.25, 0.3) is 0 Å². The summed E-state index contributed by atoms with van der Waals surface area (Å²) in [5.41, 5.74) is 0. The van der Waals surface area contributed by atoms with Crippen LogP contribution >= 0.6 is 0 Å². The lowest BCUT2D eigenvalue weighted by Gasteiger charge is -2.17. The first-order chi connectivity index (χ1) is 8.11. The van der Waals surface area contributed by atoms with Crippen molar-refractivity contribution in [1.82, 2.24) is 15.5 Å². The van der Waals surface area contributed by atoms with Gasteiger partial charge in [-0.25, -0.2) is 4.79 Å². The molecule has 0 aliphatic carbocycles. The Balaban J connectivity index is 2.07. The van der Waals surface area contributed by atoms with Gasteiger partial charge >= 0.3 is 6.09 Å². The second-order valence-corrected chi connectivity index (χ2v) is 4.88. The van der Waals surface area contributed by atoms with Crippen LogP contribution in [0.5, 0.6) is 0 Å². The fourth-order valence-electron chi connectivity index (χ4n) is 2.07. The van der Waals surface area contributed by atoms with E-state index in [1.807, 2.05) is 0 Å². The normalized spacial score (nSPS) is 20.8. The molecule has 0 aromatic heterocycles. The molecule has 1 amide bonds. The third-order valence-corrected chi connectivity index (χ3v) is 2.98. The maximum atomic E-state index is 11.0. The highest BCUT2D eigenvalue weighted by molar-refractivity contribution is 5.67. The van der Waals surface area contributed by atoms with Crippen LogP contribution < -0.4 is 10.6 Å². The monoisotopic (exact) mass is 243 g/mol. The summed E-state index contributed by atoms with van der Waals surface area (Å²) in [5.74, 6) is 0. The van der Waals surface area contributed by atoms with Gasteiger partial charge in [0.25, 0.3) is 0 Å². The molecular formula is C12H25N3O2. The molecule has 1 heterocycles. The maximum Gasteiger partial charge on any atom is 0.407 e. The predicted molar refractivity (Wildman–Crippen MR) is 68.1 cm³/mol. The van der Waals surface area contributed by atoms with Crippen LogP contribution in [0.4, 0.5) is 4.79 Å². The highest BCUT2D eigenvalue weighted by Crippen LogP contribution is 2.09. The van der Waals surface area contributed by atoms with Crippen LogP contribution in [0.2, 0.25) is 0 Å². The fraction of sp³-hybridized carbons (Fsp3) is 0.917. The highest BCUT2D eigenvalue weighted by atomic mass is 16.5. The van der Waals surface area contributed by atoms with Crippen molar-refractivity contribution in [3.63, 3.8) is 0 Å². The Hall–Kier alpha value is -0.810.